The van der Waals surface area contributed by atoms with E-state index in [1.165, 1.54) is 19.3 Å². The molecule has 0 aromatic carbocycles. The predicted octanol–water partition coefficient (Wildman–Crippen LogP) is 1.43. The Morgan fingerprint density at radius 1 is 0.667 bits per heavy atom. The number of unbranched alkanes of at least 4 members (excludes halogenated alkanes) is 8. The van der Waals surface area contributed by atoms with Crippen molar-refractivity contribution in [2.24, 2.45) is 0 Å². The number of hydrogen-bond donors (Lipinski definition) is 7. The highest BCUT2D eigenvalue weighted by molar-refractivity contribution is 5.78. The van der Waals surface area contributed by atoms with E-state index in [2.05, 4.69) is 31.2 Å². The molecular formula is C31H54O11. The summed E-state index contributed by atoms with van der Waals surface area (Å²) in [5.41, 5.74) is 0. The van der Waals surface area contributed by atoms with Crippen LogP contribution in [0.15, 0.2) is 24.3 Å². The second-order valence-electron chi connectivity index (χ2n) is 11.4. The molecule has 0 unspecified atom stereocenters. The predicted molar refractivity (Wildman–Crippen MR) is 155 cm³/mol. The Hall–Kier alpha value is -1.25. The number of aliphatic hydroxyl groups is 7. The molecule has 0 aromatic rings. The van der Waals surface area contributed by atoms with E-state index in [0.29, 0.717) is 6.42 Å². The van der Waals surface area contributed by atoms with Gasteiger partial charge in [0.25, 0.3) is 0 Å². The molecule has 2 saturated heterocycles. The van der Waals surface area contributed by atoms with Gasteiger partial charge in [-0.15, -0.1) is 0 Å². The van der Waals surface area contributed by atoms with Crippen molar-refractivity contribution in [1.29, 1.82) is 0 Å². The van der Waals surface area contributed by atoms with Crippen LogP contribution in [0.3, 0.4) is 0 Å². The Bertz CT molecular complexity index is 787. The molecule has 42 heavy (non-hydrogen) atoms. The fourth-order valence-corrected chi connectivity index (χ4v) is 5.30. The third-order valence-electron chi connectivity index (χ3n) is 7.94. The SMILES string of the molecule is CCCCC/C=C/C/C=C/CCCCCCCC(=O)C[C@@H]1O[C@H](CO)[C@@H](O[C@@H]2O[C@H](CO)[C@@H](O)[C@H](O)[C@H]2O)[C@H](O)[C@H]1O. The van der Waals surface area contributed by atoms with Gasteiger partial charge in [0, 0.05) is 12.8 Å². The number of aliphatic hydroxyl groups excluding tert-OH is 7. The highest BCUT2D eigenvalue weighted by atomic mass is 16.7. The van der Waals surface area contributed by atoms with Gasteiger partial charge in [0.05, 0.1) is 19.3 Å². The molecule has 0 saturated carbocycles. The van der Waals surface area contributed by atoms with Gasteiger partial charge in [0.1, 0.15) is 54.6 Å². The number of allylic oxidation sites excluding steroid dienone is 4. The molecule has 0 aromatic heterocycles. The van der Waals surface area contributed by atoms with Crippen molar-refractivity contribution in [3.05, 3.63) is 24.3 Å². The van der Waals surface area contributed by atoms with Crippen molar-refractivity contribution < 1.29 is 54.8 Å². The first-order valence-corrected chi connectivity index (χ1v) is 15.6. The summed E-state index contributed by atoms with van der Waals surface area (Å²) in [6.45, 7) is 0.919. The van der Waals surface area contributed by atoms with Gasteiger partial charge in [0.15, 0.2) is 6.29 Å². The van der Waals surface area contributed by atoms with E-state index in [9.17, 15) is 40.5 Å². The van der Waals surface area contributed by atoms with Gasteiger partial charge in [-0.05, 0) is 38.5 Å². The standard InChI is InChI=1S/C31H54O11/c1-2-3-4-5-6-7-8-9-10-11-12-13-14-15-16-17-21(34)18-22-25(35)28(38)30(24(20-33)40-22)42-31-29(39)27(37)26(36)23(19-32)41-31/h6-7,9-10,22-33,35-39H,2-5,8,11-20H2,1H3/b7-6+,10-9+/t22-,23+,24+,25-,26+,27-,28+,29+,30+,31-/m0/s1. The van der Waals surface area contributed by atoms with Crippen LogP contribution in [0.25, 0.3) is 0 Å². The van der Waals surface area contributed by atoms with Crippen LogP contribution in [0.1, 0.15) is 90.4 Å². The normalized spacial score (nSPS) is 34.0. The van der Waals surface area contributed by atoms with E-state index >= 15 is 0 Å². The Labute approximate surface area is 249 Å². The van der Waals surface area contributed by atoms with Gasteiger partial charge < -0.3 is 50.0 Å². The molecule has 0 aliphatic carbocycles. The minimum atomic E-state index is -1.73. The summed E-state index contributed by atoms with van der Waals surface area (Å²) in [7, 11) is 0. The van der Waals surface area contributed by atoms with Crippen LogP contribution < -0.4 is 0 Å². The molecule has 2 aliphatic heterocycles. The zero-order valence-corrected chi connectivity index (χ0v) is 25.0. The number of rotatable bonds is 20. The average Bonchev–Trinajstić information content (AvgIpc) is 2.98. The van der Waals surface area contributed by atoms with Crippen LogP contribution in [0.4, 0.5) is 0 Å². The van der Waals surface area contributed by atoms with Gasteiger partial charge in [-0.3, -0.25) is 4.79 Å². The summed E-state index contributed by atoms with van der Waals surface area (Å²) in [6, 6.07) is 0. The van der Waals surface area contributed by atoms with Crippen LogP contribution >= 0.6 is 0 Å². The Morgan fingerprint density at radius 2 is 1.26 bits per heavy atom. The third kappa shape index (κ3) is 12.0. The number of carbonyl (C=O) groups is 1. The molecule has 7 N–H and O–H groups in total. The number of ketones is 1. The number of carbonyl (C=O) groups excluding carboxylic acids is 1. The van der Waals surface area contributed by atoms with Crippen molar-refractivity contribution in [3.63, 3.8) is 0 Å². The van der Waals surface area contributed by atoms with Gasteiger partial charge in [0.2, 0.25) is 0 Å². The molecule has 11 nitrogen and oxygen atoms in total. The van der Waals surface area contributed by atoms with Crippen LogP contribution in [-0.2, 0) is 19.0 Å². The maximum atomic E-state index is 12.6. The van der Waals surface area contributed by atoms with Crippen LogP contribution in [0.2, 0.25) is 0 Å². The van der Waals surface area contributed by atoms with Crippen molar-refractivity contribution >= 4 is 5.78 Å². The molecule has 11 heteroatoms. The van der Waals surface area contributed by atoms with E-state index in [0.717, 1.165) is 51.4 Å². The van der Waals surface area contributed by atoms with Gasteiger partial charge in [-0.1, -0.05) is 63.3 Å². The highest BCUT2D eigenvalue weighted by Gasteiger charge is 2.50. The monoisotopic (exact) mass is 602 g/mol. The molecule has 2 rings (SSSR count). The lowest BCUT2D eigenvalue weighted by Gasteiger charge is -2.46. The summed E-state index contributed by atoms with van der Waals surface area (Å²) >= 11 is 0. The third-order valence-corrected chi connectivity index (χ3v) is 7.94. The smallest absolute Gasteiger partial charge is 0.187 e. The zero-order chi connectivity index (χ0) is 30.9. The first-order valence-electron chi connectivity index (χ1n) is 15.6. The minimum Gasteiger partial charge on any atom is -0.394 e. The fraction of sp³-hybridized carbons (Fsp3) is 0.839. The van der Waals surface area contributed by atoms with Crippen LogP contribution in [0.5, 0.6) is 0 Å². The molecule has 0 bridgehead atoms. The molecule has 10 atom stereocenters. The van der Waals surface area contributed by atoms with Gasteiger partial charge in [-0.25, -0.2) is 0 Å². The zero-order valence-electron chi connectivity index (χ0n) is 25.0. The van der Waals surface area contributed by atoms with E-state index in [1.807, 2.05) is 0 Å². The lowest BCUT2D eigenvalue weighted by atomic mass is 9.91. The molecule has 0 radical (unpaired) electrons. The summed E-state index contributed by atoms with van der Waals surface area (Å²) in [4.78, 5) is 12.6. The quantitative estimate of drug-likeness (QED) is 0.0789. The Balaban J connectivity index is 1.66. The summed E-state index contributed by atoms with van der Waals surface area (Å²) in [5, 5.41) is 70.7. The maximum absolute atomic E-state index is 12.6. The van der Waals surface area contributed by atoms with E-state index in [1.54, 1.807) is 0 Å². The molecule has 0 amide bonds. The van der Waals surface area contributed by atoms with E-state index in [4.69, 9.17) is 14.2 Å². The lowest BCUT2D eigenvalue weighted by molar-refractivity contribution is -0.341. The molecule has 244 valence electrons. The second-order valence-corrected chi connectivity index (χ2v) is 11.4. The van der Waals surface area contributed by atoms with E-state index in [-0.39, 0.29) is 12.2 Å². The molecule has 2 fully saturated rings. The van der Waals surface area contributed by atoms with Crippen LogP contribution in [-0.4, -0.2) is 116 Å². The molecule has 0 spiro atoms. The molecule has 2 heterocycles. The van der Waals surface area contributed by atoms with Crippen molar-refractivity contribution in [2.75, 3.05) is 13.2 Å². The Morgan fingerprint density at radius 3 is 1.90 bits per heavy atom. The van der Waals surface area contributed by atoms with Crippen LogP contribution in [0, 0.1) is 0 Å². The average molecular weight is 603 g/mol. The van der Waals surface area contributed by atoms with Crippen molar-refractivity contribution in [3.8, 4) is 0 Å². The first kappa shape index (κ1) is 36.9. The number of ether oxygens (including phenoxy) is 3. The van der Waals surface area contributed by atoms with Crippen molar-refractivity contribution in [2.45, 2.75) is 152 Å². The Kier molecular flexibility index (Phi) is 18.2. The number of hydrogen-bond acceptors (Lipinski definition) is 11. The van der Waals surface area contributed by atoms with E-state index < -0.39 is 74.4 Å². The largest absolute Gasteiger partial charge is 0.394 e. The summed E-state index contributed by atoms with van der Waals surface area (Å²) < 4.78 is 16.5. The number of Topliss-reactive ketones (excluding diaryl/α,β-unsaturated/α-hetero) is 1. The minimum absolute atomic E-state index is 0.123. The second kappa shape index (κ2) is 20.7. The maximum Gasteiger partial charge on any atom is 0.187 e. The first-order chi connectivity index (χ1) is 20.2. The summed E-state index contributed by atoms with van der Waals surface area (Å²) in [5.74, 6) is -0.123. The molecule has 2 aliphatic rings. The lowest BCUT2D eigenvalue weighted by Crippen LogP contribution is -2.64. The topological polar surface area (TPSA) is 186 Å². The highest BCUT2D eigenvalue weighted by Crippen LogP contribution is 2.30. The molecular weight excluding hydrogens is 548 g/mol. The summed E-state index contributed by atoms with van der Waals surface area (Å²) in [6.07, 6.45) is 6.42. The van der Waals surface area contributed by atoms with Crippen molar-refractivity contribution in [1.82, 2.24) is 0 Å². The fourth-order valence-electron chi connectivity index (χ4n) is 5.30. The van der Waals surface area contributed by atoms with Gasteiger partial charge in [-0.2, -0.15) is 0 Å². The van der Waals surface area contributed by atoms with Gasteiger partial charge >= 0.3 is 0 Å².